The van der Waals surface area contributed by atoms with E-state index in [4.69, 9.17) is 28.4 Å². The minimum absolute atomic E-state index is 0.0666. The second kappa shape index (κ2) is 12.9. The number of rotatable bonds is 11. The molecule has 0 aromatic heterocycles. The molecule has 2 bridgehead atoms. The molecule has 9 nitrogen and oxygen atoms in total. The Hall–Kier alpha value is -3.43. The summed E-state index contributed by atoms with van der Waals surface area (Å²) in [6.45, 7) is 1.05. The molecule has 0 radical (unpaired) electrons. The predicted octanol–water partition coefficient (Wildman–Crippen LogP) is 5.19. The molecule has 1 saturated heterocycles. The molecule has 3 aromatic carbocycles. The van der Waals surface area contributed by atoms with E-state index in [0.717, 1.165) is 22.4 Å². The number of methoxy groups -OCH3 is 1. The first-order valence-corrected chi connectivity index (χ1v) is 12.6. The van der Waals surface area contributed by atoms with E-state index in [1.54, 1.807) is 7.11 Å². The van der Waals surface area contributed by atoms with Crippen LogP contribution in [0.25, 0.3) is 10.4 Å². The maximum absolute atomic E-state index is 9.47. The average Bonchev–Trinajstić information content (AvgIpc) is 2.97. The monoisotopic (exact) mass is 517 g/mol. The molecule has 198 valence electrons. The number of fused-ring (bicyclic) bond motifs is 2. The molecule has 1 saturated carbocycles. The van der Waals surface area contributed by atoms with Crippen molar-refractivity contribution < 1.29 is 28.4 Å². The van der Waals surface area contributed by atoms with E-state index in [9.17, 15) is 5.53 Å². The van der Waals surface area contributed by atoms with Gasteiger partial charge in [0.1, 0.15) is 30.9 Å². The van der Waals surface area contributed by atoms with Crippen LogP contribution in [0.4, 0.5) is 0 Å². The summed E-state index contributed by atoms with van der Waals surface area (Å²) >= 11 is 0. The van der Waals surface area contributed by atoms with Gasteiger partial charge in [-0.15, -0.1) is 0 Å². The van der Waals surface area contributed by atoms with Crippen LogP contribution in [-0.2, 0) is 43.5 Å². The molecular formula is C29H31N3O6. The Bertz CT molecular complexity index is 1130. The predicted molar refractivity (Wildman–Crippen MR) is 139 cm³/mol. The highest BCUT2D eigenvalue weighted by Gasteiger charge is 2.56. The van der Waals surface area contributed by atoms with Crippen LogP contribution >= 0.6 is 0 Å². The molecule has 2 unspecified atom stereocenters. The van der Waals surface area contributed by atoms with Crippen LogP contribution in [0.2, 0.25) is 0 Å². The van der Waals surface area contributed by atoms with Crippen molar-refractivity contribution in [3.05, 3.63) is 112 Å². The van der Waals surface area contributed by atoms with E-state index in [1.807, 2.05) is 84.9 Å². The van der Waals surface area contributed by atoms with Gasteiger partial charge < -0.3 is 28.4 Å². The summed E-state index contributed by atoms with van der Waals surface area (Å²) in [5.74, 6) is 0.774. The van der Waals surface area contributed by atoms with Crippen molar-refractivity contribution in [2.75, 3.05) is 13.9 Å². The molecule has 9 heteroatoms. The van der Waals surface area contributed by atoms with Crippen LogP contribution in [0.5, 0.6) is 5.75 Å². The summed E-state index contributed by atoms with van der Waals surface area (Å²) in [5.41, 5.74) is 12.4. The number of benzene rings is 3. The highest BCUT2D eigenvalue weighted by Crippen LogP contribution is 2.37. The van der Waals surface area contributed by atoms with E-state index in [1.165, 1.54) is 0 Å². The average molecular weight is 518 g/mol. The molecular weight excluding hydrogens is 486 g/mol. The molecule has 6 atom stereocenters. The molecule has 5 rings (SSSR count). The van der Waals surface area contributed by atoms with Crippen molar-refractivity contribution in [2.24, 2.45) is 5.11 Å². The molecule has 3 aromatic rings. The Labute approximate surface area is 221 Å². The molecule has 1 aliphatic carbocycles. The van der Waals surface area contributed by atoms with Crippen molar-refractivity contribution in [1.29, 1.82) is 0 Å². The van der Waals surface area contributed by atoms with Crippen LogP contribution in [0, 0.1) is 0 Å². The van der Waals surface area contributed by atoms with E-state index >= 15 is 0 Å². The Balaban J connectivity index is 1.40. The van der Waals surface area contributed by atoms with Gasteiger partial charge in [-0.2, -0.15) is 0 Å². The number of ether oxygens (including phenoxy) is 6. The molecule has 2 aliphatic rings. The zero-order valence-electron chi connectivity index (χ0n) is 21.2. The topological polar surface area (TPSA) is 104 Å². The van der Waals surface area contributed by atoms with Gasteiger partial charge in [-0.1, -0.05) is 77.9 Å². The number of nitrogens with zero attached hydrogens (tertiary/aromatic N) is 3. The smallest absolute Gasteiger partial charge is 0.148 e. The van der Waals surface area contributed by atoms with Crippen molar-refractivity contribution in [3.8, 4) is 5.75 Å². The first kappa shape index (κ1) is 26.2. The summed E-state index contributed by atoms with van der Waals surface area (Å²) in [7, 11) is 1.63. The van der Waals surface area contributed by atoms with Crippen LogP contribution in [0.3, 0.4) is 0 Å². The molecule has 1 heterocycles. The van der Waals surface area contributed by atoms with Crippen LogP contribution in [-0.4, -0.2) is 50.5 Å². The van der Waals surface area contributed by atoms with E-state index in [0.29, 0.717) is 19.8 Å². The maximum Gasteiger partial charge on any atom is 0.148 e. The zero-order chi connectivity index (χ0) is 26.2. The Morgan fingerprint density at radius 1 is 0.711 bits per heavy atom. The van der Waals surface area contributed by atoms with Crippen molar-refractivity contribution in [3.63, 3.8) is 0 Å². The van der Waals surface area contributed by atoms with Crippen molar-refractivity contribution in [2.45, 2.75) is 56.4 Å². The lowest BCUT2D eigenvalue weighted by Gasteiger charge is -2.51. The summed E-state index contributed by atoms with van der Waals surface area (Å²) in [6, 6.07) is 26.7. The normalized spacial score (nSPS) is 26.3. The van der Waals surface area contributed by atoms with E-state index in [2.05, 4.69) is 10.0 Å². The summed E-state index contributed by atoms with van der Waals surface area (Å²) < 4.78 is 36.5. The largest absolute Gasteiger partial charge is 0.497 e. The van der Waals surface area contributed by atoms with Crippen LogP contribution in [0.15, 0.2) is 90.0 Å². The SMILES string of the molecule is COc1ccc(COC2[C@H]3OCO[C@@H]2[C@@H](OCc2ccccc2)C(N=[N+]=[N-])[C@H]3OCc2ccccc2)cc1. The van der Waals surface area contributed by atoms with Gasteiger partial charge in [0.15, 0.2) is 0 Å². The van der Waals surface area contributed by atoms with E-state index in [-0.39, 0.29) is 6.79 Å². The van der Waals surface area contributed by atoms with Gasteiger partial charge in [0.05, 0.1) is 45.2 Å². The van der Waals surface area contributed by atoms with Crippen LogP contribution < -0.4 is 4.74 Å². The Kier molecular flexibility index (Phi) is 8.88. The summed E-state index contributed by atoms with van der Waals surface area (Å²) in [4.78, 5) is 3.13. The summed E-state index contributed by atoms with van der Waals surface area (Å²) in [6.07, 6.45) is -2.73. The van der Waals surface area contributed by atoms with Gasteiger partial charge in [0.2, 0.25) is 0 Å². The third-order valence-corrected chi connectivity index (χ3v) is 6.85. The number of hydrogen-bond acceptors (Lipinski definition) is 7. The minimum atomic E-state index is -0.677. The van der Waals surface area contributed by atoms with Gasteiger partial charge in [-0.3, -0.25) is 0 Å². The highest BCUT2D eigenvalue weighted by molar-refractivity contribution is 5.26. The van der Waals surface area contributed by atoms with Crippen molar-refractivity contribution in [1.82, 2.24) is 0 Å². The molecule has 0 N–H and O–H groups in total. The van der Waals surface area contributed by atoms with Gasteiger partial charge in [0.25, 0.3) is 0 Å². The first-order valence-electron chi connectivity index (χ1n) is 12.6. The van der Waals surface area contributed by atoms with Gasteiger partial charge >= 0.3 is 0 Å². The standard InChI is InChI=1S/C29H31N3O6/c1-33-23-14-12-22(13-15-23)18-36-29-27-25(34-16-20-8-4-2-5-9-20)24(31-32-30)26(28(29)38-19-37-27)35-17-21-10-6-3-7-11-21/h2-15,24-29H,16-19H2,1H3/t24?,25-,26+,27+,28-,29?. The fourth-order valence-corrected chi connectivity index (χ4v) is 4.93. The quantitative estimate of drug-likeness (QED) is 0.197. The minimum Gasteiger partial charge on any atom is -0.497 e. The van der Waals surface area contributed by atoms with Crippen LogP contribution in [0.1, 0.15) is 16.7 Å². The van der Waals surface area contributed by atoms with Gasteiger partial charge in [-0.05, 0) is 34.4 Å². The van der Waals surface area contributed by atoms with E-state index < -0.39 is 36.6 Å². The lowest BCUT2D eigenvalue weighted by atomic mass is 9.82. The molecule has 0 amide bonds. The zero-order valence-corrected chi connectivity index (χ0v) is 21.2. The fourth-order valence-electron chi connectivity index (χ4n) is 4.93. The van der Waals surface area contributed by atoms with Gasteiger partial charge in [-0.25, -0.2) is 0 Å². The lowest BCUT2D eigenvalue weighted by molar-refractivity contribution is -0.321. The molecule has 0 spiro atoms. The third-order valence-electron chi connectivity index (χ3n) is 6.85. The Morgan fingerprint density at radius 3 is 1.66 bits per heavy atom. The third kappa shape index (κ3) is 6.16. The van der Waals surface area contributed by atoms with Crippen molar-refractivity contribution >= 4 is 0 Å². The first-order chi connectivity index (χ1) is 18.8. The Morgan fingerprint density at radius 2 is 1.18 bits per heavy atom. The van der Waals surface area contributed by atoms with Gasteiger partial charge in [0, 0.05) is 4.91 Å². The molecule has 1 aliphatic heterocycles. The number of azide groups is 1. The second-order valence-corrected chi connectivity index (χ2v) is 9.22. The molecule has 2 fully saturated rings. The lowest BCUT2D eigenvalue weighted by Crippen LogP contribution is -2.68. The summed E-state index contributed by atoms with van der Waals surface area (Å²) in [5, 5.41) is 4.13. The number of hydrogen-bond donors (Lipinski definition) is 0. The second-order valence-electron chi connectivity index (χ2n) is 9.22. The molecule has 38 heavy (non-hydrogen) atoms. The fraction of sp³-hybridized carbons (Fsp3) is 0.379. The highest BCUT2D eigenvalue weighted by atomic mass is 16.7. The maximum atomic E-state index is 9.47.